The summed E-state index contributed by atoms with van der Waals surface area (Å²) in [6, 6.07) is 6.94. The standard InChI is InChI=1S/C14H18FN3/c1-10-4-3-7-18(14(10)9-17)13-6-2-5-12(15)11(13)8-16/h2,5-6,10,14H,3-4,7,9,17H2,1H3. The van der Waals surface area contributed by atoms with Crippen LogP contribution in [-0.2, 0) is 0 Å². The van der Waals surface area contributed by atoms with Crippen LogP contribution >= 0.6 is 0 Å². The first-order chi connectivity index (χ1) is 8.69. The van der Waals surface area contributed by atoms with Crippen LogP contribution in [0.4, 0.5) is 10.1 Å². The molecule has 4 heteroatoms. The average molecular weight is 247 g/mol. The molecule has 0 aliphatic carbocycles. The Morgan fingerprint density at radius 1 is 1.56 bits per heavy atom. The molecule has 0 saturated carbocycles. The molecular weight excluding hydrogens is 229 g/mol. The van der Waals surface area contributed by atoms with E-state index in [1.54, 1.807) is 6.07 Å². The molecular formula is C14H18FN3. The minimum absolute atomic E-state index is 0.130. The fraction of sp³-hybridized carbons (Fsp3) is 0.500. The van der Waals surface area contributed by atoms with Gasteiger partial charge in [-0.1, -0.05) is 13.0 Å². The van der Waals surface area contributed by atoms with Gasteiger partial charge >= 0.3 is 0 Å². The number of rotatable bonds is 2. The third-order valence-electron chi connectivity index (χ3n) is 3.77. The van der Waals surface area contributed by atoms with Crippen LogP contribution in [0.3, 0.4) is 0 Å². The van der Waals surface area contributed by atoms with Crippen molar-refractivity contribution < 1.29 is 4.39 Å². The predicted octanol–water partition coefficient (Wildman–Crippen LogP) is 2.26. The zero-order valence-corrected chi connectivity index (χ0v) is 10.6. The highest BCUT2D eigenvalue weighted by Gasteiger charge is 2.29. The first-order valence-electron chi connectivity index (χ1n) is 6.34. The van der Waals surface area contributed by atoms with Crippen LogP contribution < -0.4 is 10.6 Å². The molecule has 1 aliphatic heterocycles. The van der Waals surface area contributed by atoms with Gasteiger partial charge in [0.2, 0.25) is 0 Å². The highest BCUT2D eigenvalue weighted by atomic mass is 19.1. The van der Waals surface area contributed by atoms with Gasteiger partial charge in [0, 0.05) is 19.1 Å². The first kappa shape index (κ1) is 12.8. The molecule has 1 aliphatic rings. The van der Waals surface area contributed by atoms with Crippen LogP contribution in [0.2, 0.25) is 0 Å². The third-order valence-corrected chi connectivity index (χ3v) is 3.77. The minimum Gasteiger partial charge on any atom is -0.366 e. The van der Waals surface area contributed by atoms with E-state index in [0.717, 1.165) is 19.4 Å². The minimum atomic E-state index is -0.455. The number of nitrogens with two attached hydrogens (primary N) is 1. The highest BCUT2D eigenvalue weighted by molar-refractivity contribution is 5.60. The Bertz CT molecular complexity index is 467. The number of nitrogens with zero attached hydrogens (tertiary/aromatic N) is 2. The molecule has 96 valence electrons. The number of halogens is 1. The number of benzene rings is 1. The fourth-order valence-electron chi connectivity index (χ4n) is 2.77. The summed E-state index contributed by atoms with van der Waals surface area (Å²) in [7, 11) is 0. The molecule has 1 saturated heterocycles. The van der Waals surface area contributed by atoms with Gasteiger partial charge in [0.15, 0.2) is 0 Å². The fourth-order valence-corrected chi connectivity index (χ4v) is 2.77. The summed E-state index contributed by atoms with van der Waals surface area (Å²) >= 11 is 0. The maximum atomic E-state index is 13.7. The second-order valence-electron chi connectivity index (χ2n) is 4.86. The Kier molecular flexibility index (Phi) is 3.83. The number of nitriles is 1. The van der Waals surface area contributed by atoms with Gasteiger partial charge < -0.3 is 10.6 Å². The number of hydrogen-bond donors (Lipinski definition) is 1. The Morgan fingerprint density at radius 2 is 2.33 bits per heavy atom. The Hall–Kier alpha value is -1.60. The van der Waals surface area contributed by atoms with E-state index in [-0.39, 0.29) is 11.6 Å². The van der Waals surface area contributed by atoms with Crippen molar-refractivity contribution >= 4 is 5.69 Å². The summed E-state index contributed by atoms with van der Waals surface area (Å²) in [6.07, 6.45) is 2.19. The molecule has 2 N–H and O–H groups in total. The molecule has 1 aromatic rings. The van der Waals surface area contributed by atoms with Crippen LogP contribution in [0.1, 0.15) is 25.3 Å². The summed E-state index contributed by atoms with van der Waals surface area (Å²) < 4.78 is 13.7. The molecule has 0 radical (unpaired) electrons. The normalized spacial score (nSPS) is 23.8. The van der Waals surface area contributed by atoms with Gasteiger partial charge in [0.05, 0.1) is 5.69 Å². The van der Waals surface area contributed by atoms with Crippen molar-refractivity contribution in [3.8, 4) is 6.07 Å². The summed E-state index contributed by atoms with van der Waals surface area (Å²) in [4.78, 5) is 2.09. The smallest absolute Gasteiger partial charge is 0.143 e. The van der Waals surface area contributed by atoms with Gasteiger partial charge in [0.1, 0.15) is 17.4 Å². The van der Waals surface area contributed by atoms with Crippen molar-refractivity contribution in [1.82, 2.24) is 0 Å². The third kappa shape index (κ3) is 2.19. The molecule has 1 heterocycles. The van der Waals surface area contributed by atoms with E-state index >= 15 is 0 Å². The predicted molar refractivity (Wildman–Crippen MR) is 69.7 cm³/mol. The number of hydrogen-bond acceptors (Lipinski definition) is 3. The van der Waals surface area contributed by atoms with Crippen LogP contribution in [-0.4, -0.2) is 19.1 Å². The molecule has 0 bridgehead atoms. The number of piperidine rings is 1. The molecule has 0 amide bonds. The van der Waals surface area contributed by atoms with Crippen molar-refractivity contribution in [2.45, 2.75) is 25.8 Å². The van der Waals surface area contributed by atoms with Crippen LogP contribution in [0.15, 0.2) is 18.2 Å². The maximum Gasteiger partial charge on any atom is 0.143 e. The van der Waals surface area contributed by atoms with E-state index in [4.69, 9.17) is 11.0 Å². The lowest BCUT2D eigenvalue weighted by Gasteiger charge is -2.41. The van der Waals surface area contributed by atoms with Crippen molar-refractivity contribution in [2.24, 2.45) is 11.7 Å². The summed E-state index contributed by atoms with van der Waals surface area (Å²) in [5.41, 5.74) is 6.64. The van der Waals surface area contributed by atoms with Crippen molar-refractivity contribution in [3.63, 3.8) is 0 Å². The summed E-state index contributed by atoms with van der Waals surface area (Å²) in [5, 5.41) is 9.11. The van der Waals surface area contributed by atoms with Crippen molar-refractivity contribution in [3.05, 3.63) is 29.6 Å². The lowest BCUT2D eigenvalue weighted by atomic mass is 9.90. The molecule has 2 atom stereocenters. The Labute approximate surface area is 107 Å². The summed E-state index contributed by atoms with van der Waals surface area (Å²) in [5.74, 6) is 0.0163. The van der Waals surface area contributed by atoms with E-state index in [2.05, 4.69) is 11.8 Å². The molecule has 3 nitrogen and oxygen atoms in total. The van der Waals surface area contributed by atoms with Crippen molar-refractivity contribution in [1.29, 1.82) is 5.26 Å². The van der Waals surface area contributed by atoms with Gasteiger partial charge in [-0.05, 0) is 30.9 Å². The highest BCUT2D eigenvalue weighted by Crippen LogP contribution is 2.31. The van der Waals surface area contributed by atoms with Crippen LogP contribution in [0, 0.1) is 23.1 Å². The largest absolute Gasteiger partial charge is 0.366 e. The molecule has 2 unspecified atom stereocenters. The van der Waals surface area contributed by atoms with Crippen molar-refractivity contribution in [2.75, 3.05) is 18.0 Å². The second-order valence-corrected chi connectivity index (χ2v) is 4.86. The van der Waals surface area contributed by atoms with Gasteiger partial charge in [-0.15, -0.1) is 0 Å². The lowest BCUT2D eigenvalue weighted by Crippen LogP contribution is -2.49. The van der Waals surface area contributed by atoms with Gasteiger partial charge in [-0.25, -0.2) is 4.39 Å². The Morgan fingerprint density at radius 3 is 3.00 bits per heavy atom. The van der Waals surface area contributed by atoms with E-state index in [9.17, 15) is 4.39 Å². The first-order valence-corrected chi connectivity index (χ1v) is 6.34. The zero-order chi connectivity index (χ0) is 13.1. The number of anilines is 1. The lowest BCUT2D eigenvalue weighted by molar-refractivity contribution is 0.349. The molecule has 18 heavy (non-hydrogen) atoms. The van der Waals surface area contributed by atoms with Crippen LogP contribution in [0.25, 0.3) is 0 Å². The summed E-state index contributed by atoms with van der Waals surface area (Å²) in [6.45, 7) is 3.53. The molecule has 0 aromatic heterocycles. The van der Waals surface area contributed by atoms with E-state index in [0.29, 0.717) is 18.2 Å². The SMILES string of the molecule is CC1CCCN(c2cccc(F)c2C#N)C1CN. The zero-order valence-electron chi connectivity index (χ0n) is 10.6. The monoisotopic (exact) mass is 247 g/mol. The quantitative estimate of drug-likeness (QED) is 0.872. The van der Waals surface area contributed by atoms with Gasteiger partial charge in [-0.3, -0.25) is 0 Å². The molecule has 2 rings (SSSR count). The second kappa shape index (κ2) is 5.36. The molecule has 0 spiro atoms. The Balaban J connectivity index is 2.41. The molecule has 1 fully saturated rings. The van der Waals surface area contributed by atoms with E-state index in [1.165, 1.54) is 6.07 Å². The van der Waals surface area contributed by atoms with E-state index in [1.807, 2.05) is 12.1 Å². The van der Waals surface area contributed by atoms with Gasteiger partial charge in [0.25, 0.3) is 0 Å². The maximum absolute atomic E-state index is 13.7. The molecule has 1 aromatic carbocycles. The topological polar surface area (TPSA) is 53.0 Å². The average Bonchev–Trinajstić information content (AvgIpc) is 2.38. The van der Waals surface area contributed by atoms with E-state index < -0.39 is 5.82 Å². The van der Waals surface area contributed by atoms with Crippen LogP contribution in [0.5, 0.6) is 0 Å². The van der Waals surface area contributed by atoms with Gasteiger partial charge in [-0.2, -0.15) is 5.26 Å².